The van der Waals surface area contributed by atoms with E-state index in [0.717, 1.165) is 19.6 Å². The lowest BCUT2D eigenvalue weighted by Crippen LogP contribution is -2.43. The zero-order chi connectivity index (χ0) is 10.7. The van der Waals surface area contributed by atoms with Gasteiger partial charge in [-0.25, -0.2) is 0 Å². The molecule has 1 heterocycles. The Morgan fingerprint density at radius 3 is 2.93 bits per heavy atom. The van der Waals surface area contributed by atoms with Crippen molar-refractivity contribution in [1.29, 1.82) is 0 Å². The van der Waals surface area contributed by atoms with Gasteiger partial charge in [0, 0.05) is 30.6 Å². The summed E-state index contributed by atoms with van der Waals surface area (Å²) in [6.07, 6.45) is 2.15. The lowest BCUT2D eigenvalue weighted by Gasteiger charge is -2.34. The van der Waals surface area contributed by atoms with Crippen molar-refractivity contribution in [2.45, 2.75) is 10.9 Å². The van der Waals surface area contributed by atoms with E-state index in [0.29, 0.717) is 6.04 Å². The van der Waals surface area contributed by atoms with Crippen LogP contribution < -0.4 is 5.32 Å². The molecule has 1 aromatic carbocycles. The van der Waals surface area contributed by atoms with Gasteiger partial charge in [-0.15, -0.1) is 11.8 Å². The topological polar surface area (TPSA) is 15.3 Å². The molecule has 0 aromatic heterocycles. The molecule has 2 nitrogen and oxygen atoms in total. The highest BCUT2D eigenvalue weighted by molar-refractivity contribution is 7.98. The number of likely N-dealkylation sites (N-methyl/N-ethyl adjacent to an activating group) is 1. The third-order valence-corrected chi connectivity index (χ3v) is 3.82. The average Bonchev–Trinajstić information content (AvgIpc) is 2.30. The summed E-state index contributed by atoms with van der Waals surface area (Å²) in [6, 6.07) is 9.24. The number of hydrogen-bond acceptors (Lipinski definition) is 3. The number of nitrogens with zero attached hydrogens (tertiary/aromatic N) is 1. The Bertz CT molecular complexity index is 327. The van der Waals surface area contributed by atoms with Gasteiger partial charge in [0.25, 0.3) is 0 Å². The highest BCUT2D eigenvalue weighted by Gasteiger charge is 2.21. The molecule has 0 spiro atoms. The van der Waals surface area contributed by atoms with E-state index in [1.807, 2.05) is 11.8 Å². The maximum absolute atomic E-state index is 3.46. The van der Waals surface area contributed by atoms with Gasteiger partial charge in [-0.2, -0.15) is 0 Å². The first-order chi connectivity index (χ1) is 7.33. The van der Waals surface area contributed by atoms with E-state index in [1.54, 1.807) is 0 Å². The normalized spacial score (nSPS) is 22.9. The van der Waals surface area contributed by atoms with Crippen molar-refractivity contribution in [1.82, 2.24) is 10.2 Å². The second kappa shape index (κ2) is 5.01. The van der Waals surface area contributed by atoms with E-state index >= 15 is 0 Å². The molecule has 1 aromatic rings. The van der Waals surface area contributed by atoms with E-state index in [4.69, 9.17) is 0 Å². The number of nitrogens with one attached hydrogen (secondary N) is 1. The highest BCUT2D eigenvalue weighted by Crippen LogP contribution is 2.29. The van der Waals surface area contributed by atoms with Crippen molar-refractivity contribution in [2.24, 2.45) is 0 Å². The molecule has 0 aliphatic carbocycles. The zero-order valence-electron chi connectivity index (χ0n) is 9.36. The molecule has 0 saturated carbocycles. The van der Waals surface area contributed by atoms with Crippen LogP contribution in [0, 0.1) is 0 Å². The molecular weight excluding hydrogens is 204 g/mol. The van der Waals surface area contributed by atoms with Crippen LogP contribution in [0.4, 0.5) is 0 Å². The first-order valence-electron chi connectivity index (χ1n) is 5.37. The van der Waals surface area contributed by atoms with E-state index in [-0.39, 0.29) is 0 Å². The van der Waals surface area contributed by atoms with E-state index in [9.17, 15) is 0 Å². The Morgan fingerprint density at radius 2 is 2.20 bits per heavy atom. The summed E-state index contributed by atoms with van der Waals surface area (Å²) < 4.78 is 0. The third kappa shape index (κ3) is 2.36. The van der Waals surface area contributed by atoms with Crippen molar-refractivity contribution in [3.63, 3.8) is 0 Å². The van der Waals surface area contributed by atoms with E-state index in [2.05, 4.69) is 47.8 Å². The molecule has 15 heavy (non-hydrogen) atoms. The van der Waals surface area contributed by atoms with Gasteiger partial charge in [0.2, 0.25) is 0 Å². The van der Waals surface area contributed by atoms with Gasteiger partial charge in [-0.05, 0) is 24.9 Å². The summed E-state index contributed by atoms with van der Waals surface area (Å²) in [5.41, 5.74) is 1.46. The van der Waals surface area contributed by atoms with Crippen LogP contribution in [0.25, 0.3) is 0 Å². The maximum Gasteiger partial charge on any atom is 0.0481 e. The van der Waals surface area contributed by atoms with Crippen LogP contribution in [-0.4, -0.2) is 37.8 Å². The number of piperazine rings is 1. The fourth-order valence-corrected chi connectivity index (χ4v) is 2.75. The standard InChI is InChI=1S/C12H18N2S/c1-14-8-7-13-9-11(14)10-5-3-4-6-12(10)15-2/h3-6,11,13H,7-9H2,1-2H3. The largest absolute Gasteiger partial charge is 0.314 e. The molecule has 1 atom stereocenters. The fraction of sp³-hybridized carbons (Fsp3) is 0.500. The Labute approximate surface area is 96.0 Å². The average molecular weight is 222 g/mol. The smallest absolute Gasteiger partial charge is 0.0481 e. The molecule has 3 heteroatoms. The quantitative estimate of drug-likeness (QED) is 0.770. The van der Waals surface area contributed by atoms with Gasteiger partial charge in [0.15, 0.2) is 0 Å². The molecule has 0 bridgehead atoms. The van der Waals surface area contributed by atoms with Crippen LogP contribution in [0.3, 0.4) is 0 Å². The lowest BCUT2D eigenvalue weighted by atomic mass is 10.0. The second-order valence-electron chi connectivity index (χ2n) is 3.94. The number of benzene rings is 1. The van der Waals surface area contributed by atoms with Crippen LogP contribution in [-0.2, 0) is 0 Å². The monoisotopic (exact) mass is 222 g/mol. The molecular formula is C12H18N2S. The van der Waals surface area contributed by atoms with Crippen molar-refractivity contribution < 1.29 is 0 Å². The summed E-state index contributed by atoms with van der Waals surface area (Å²) in [7, 11) is 2.21. The Hall–Kier alpha value is -0.510. The molecule has 0 radical (unpaired) electrons. The molecule has 1 aliphatic heterocycles. The van der Waals surface area contributed by atoms with Crippen molar-refractivity contribution in [2.75, 3.05) is 32.9 Å². The number of rotatable bonds is 2. The molecule has 2 rings (SSSR count). The van der Waals surface area contributed by atoms with Crippen molar-refractivity contribution >= 4 is 11.8 Å². The van der Waals surface area contributed by atoms with E-state index < -0.39 is 0 Å². The summed E-state index contributed by atoms with van der Waals surface area (Å²) in [6.45, 7) is 3.30. The van der Waals surface area contributed by atoms with Gasteiger partial charge in [0.05, 0.1) is 0 Å². The number of thioether (sulfide) groups is 1. The van der Waals surface area contributed by atoms with Crippen LogP contribution in [0.1, 0.15) is 11.6 Å². The minimum Gasteiger partial charge on any atom is -0.314 e. The van der Waals surface area contributed by atoms with Crippen molar-refractivity contribution in [3.8, 4) is 0 Å². The molecule has 1 fully saturated rings. The van der Waals surface area contributed by atoms with Crippen molar-refractivity contribution in [3.05, 3.63) is 29.8 Å². The fourth-order valence-electron chi connectivity index (χ4n) is 2.09. The van der Waals surface area contributed by atoms with Gasteiger partial charge in [-0.3, -0.25) is 4.90 Å². The predicted molar refractivity (Wildman–Crippen MR) is 66.5 cm³/mol. The molecule has 0 amide bonds. The lowest BCUT2D eigenvalue weighted by molar-refractivity contribution is 0.200. The van der Waals surface area contributed by atoms with Gasteiger partial charge in [-0.1, -0.05) is 18.2 Å². The minimum absolute atomic E-state index is 0.530. The van der Waals surface area contributed by atoms with Crippen LogP contribution in [0.2, 0.25) is 0 Å². The summed E-state index contributed by atoms with van der Waals surface area (Å²) >= 11 is 1.84. The molecule has 1 aliphatic rings. The Balaban J connectivity index is 2.26. The number of hydrogen-bond donors (Lipinski definition) is 1. The van der Waals surface area contributed by atoms with Gasteiger partial charge in [0.1, 0.15) is 0 Å². The minimum atomic E-state index is 0.530. The Morgan fingerprint density at radius 1 is 1.40 bits per heavy atom. The molecule has 1 unspecified atom stereocenters. The van der Waals surface area contributed by atoms with E-state index in [1.165, 1.54) is 10.5 Å². The first kappa shape index (κ1) is 11.0. The summed E-state index contributed by atoms with van der Waals surface area (Å²) in [5.74, 6) is 0. The highest BCUT2D eigenvalue weighted by atomic mass is 32.2. The SMILES string of the molecule is CSc1ccccc1C1CNCCN1C. The Kier molecular flexibility index (Phi) is 3.67. The summed E-state index contributed by atoms with van der Waals surface area (Å²) in [5, 5.41) is 3.46. The maximum atomic E-state index is 3.46. The first-order valence-corrected chi connectivity index (χ1v) is 6.59. The summed E-state index contributed by atoms with van der Waals surface area (Å²) in [4.78, 5) is 3.84. The predicted octanol–water partition coefficient (Wildman–Crippen LogP) is 1.98. The molecule has 82 valence electrons. The molecule has 1 saturated heterocycles. The third-order valence-electron chi connectivity index (χ3n) is 3.01. The van der Waals surface area contributed by atoms with Crippen LogP contribution in [0.5, 0.6) is 0 Å². The molecule has 1 N–H and O–H groups in total. The van der Waals surface area contributed by atoms with Gasteiger partial charge >= 0.3 is 0 Å². The van der Waals surface area contributed by atoms with Crippen LogP contribution >= 0.6 is 11.8 Å². The van der Waals surface area contributed by atoms with Crippen LogP contribution in [0.15, 0.2) is 29.2 Å². The zero-order valence-corrected chi connectivity index (χ0v) is 10.2. The second-order valence-corrected chi connectivity index (χ2v) is 4.79. The van der Waals surface area contributed by atoms with Gasteiger partial charge < -0.3 is 5.32 Å².